The number of nitrogens with zero attached hydrogens (tertiary/aromatic N) is 1. The molecule has 0 saturated carbocycles. The third kappa shape index (κ3) is 5.53. The molecule has 0 aliphatic carbocycles. The Hall–Kier alpha value is -6.64. The molecule has 50 heavy (non-hydrogen) atoms. The van der Waals surface area contributed by atoms with Crippen LogP contribution < -0.4 is 4.90 Å². The van der Waals surface area contributed by atoms with Crippen LogP contribution in [0.3, 0.4) is 0 Å². The highest BCUT2D eigenvalue weighted by Crippen LogP contribution is 2.40. The summed E-state index contributed by atoms with van der Waals surface area (Å²) in [6.45, 7) is 0. The van der Waals surface area contributed by atoms with E-state index in [0.717, 1.165) is 61.3 Å². The van der Waals surface area contributed by atoms with Crippen molar-refractivity contribution in [1.82, 2.24) is 0 Å². The van der Waals surface area contributed by atoms with Crippen LogP contribution in [0.25, 0.3) is 66.4 Å². The number of benzene rings is 8. The molecule has 0 saturated heterocycles. The van der Waals surface area contributed by atoms with Gasteiger partial charge in [-0.3, -0.25) is 0 Å². The molecular weight excluding hydrogens is 607 g/mol. The first-order valence-electron chi connectivity index (χ1n) is 17.0. The molecule has 236 valence electrons. The van der Waals surface area contributed by atoms with Gasteiger partial charge in [-0.1, -0.05) is 152 Å². The molecule has 9 rings (SSSR count). The fourth-order valence-electron chi connectivity index (χ4n) is 6.98. The molecule has 0 bridgehead atoms. The standard InChI is InChI=1S/C48H33NO/c1-3-12-34(13-4-1)36-24-28-41(29-25-36)49(43-19-10-17-39(33-43)35-14-5-2-6-15-35)42-30-26-37(27-31-42)38-16-9-18-40(32-38)44-21-11-22-46-45-20-7-8-23-47(45)50-48(44)46/h1-33H. The molecule has 0 radical (unpaired) electrons. The van der Waals surface area contributed by atoms with Crippen LogP contribution in [-0.4, -0.2) is 0 Å². The SMILES string of the molecule is c1ccc(-c2ccc(N(c3ccc(-c4cccc(-c5cccc6c5oc5ccccc56)c4)cc3)c3cccc(-c4ccccc4)c3)cc2)cc1. The number of hydrogen-bond donors (Lipinski definition) is 0. The molecule has 0 spiro atoms. The van der Waals surface area contributed by atoms with Crippen molar-refractivity contribution >= 4 is 39.0 Å². The molecule has 1 aromatic heterocycles. The average molecular weight is 640 g/mol. The van der Waals surface area contributed by atoms with Crippen molar-refractivity contribution in [1.29, 1.82) is 0 Å². The zero-order valence-corrected chi connectivity index (χ0v) is 27.4. The van der Waals surface area contributed by atoms with Crippen LogP contribution in [0.15, 0.2) is 205 Å². The van der Waals surface area contributed by atoms with E-state index in [-0.39, 0.29) is 0 Å². The number of para-hydroxylation sites is 2. The maximum atomic E-state index is 6.37. The predicted molar refractivity (Wildman–Crippen MR) is 210 cm³/mol. The zero-order chi connectivity index (χ0) is 33.3. The van der Waals surface area contributed by atoms with Crippen LogP contribution >= 0.6 is 0 Å². The lowest BCUT2D eigenvalue weighted by atomic mass is 9.97. The van der Waals surface area contributed by atoms with E-state index >= 15 is 0 Å². The highest BCUT2D eigenvalue weighted by atomic mass is 16.3. The Balaban J connectivity index is 1.09. The molecule has 2 heteroatoms. The predicted octanol–water partition coefficient (Wildman–Crippen LogP) is 13.7. The normalized spacial score (nSPS) is 11.2. The minimum atomic E-state index is 0.912. The highest BCUT2D eigenvalue weighted by Gasteiger charge is 2.16. The second-order valence-electron chi connectivity index (χ2n) is 12.6. The second kappa shape index (κ2) is 12.8. The van der Waals surface area contributed by atoms with Crippen molar-refractivity contribution in [3.8, 4) is 44.5 Å². The van der Waals surface area contributed by atoms with Gasteiger partial charge >= 0.3 is 0 Å². The molecule has 0 amide bonds. The fourth-order valence-corrected chi connectivity index (χ4v) is 6.98. The molecule has 2 nitrogen and oxygen atoms in total. The molecule has 0 N–H and O–H groups in total. The first-order chi connectivity index (χ1) is 24.8. The lowest BCUT2D eigenvalue weighted by molar-refractivity contribution is 0.670. The third-order valence-electron chi connectivity index (χ3n) is 9.48. The number of rotatable bonds is 7. The van der Waals surface area contributed by atoms with E-state index < -0.39 is 0 Å². The summed E-state index contributed by atoms with van der Waals surface area (Å²) in [6, 6.07) is 71.0. The minimum Gasteiger partial charge on any atom is -0.455 e. The summed E-state index contributed by atoms with van der Waals surface area (Å²) in [7, 11) is 0. The largest absolute Gasteiger partial charge is 0.455 e. The van der Waals surface area contributed by atoms with E-state index in [1.807, 2.05) is 12.1 Å². The number of anilines is 3. The highest BCUT2D eigenvalue weighted by molar-refractivity contribution is 6.09. The summed E-state index contributed by atoms with van der Waals surface area (Å²) in [5.74, 6) is 0. The van der Waals surface area contributed by atoms with Gasteiger partial charge in [0.15, 0.2) is 0 Å². The van der Waals surface area contributed by atoms with Crippen molar-refractivity contribution in [2.45, 2.75) is 0 Å². The molecule has 9 aromatic rings. The average Bonchev–Trinajstić information content (AvgIpc) is 3.59. The molecule has 0 fully saturated rings. The van der Waals surface area contributed by atoms with Crippen LogP contribution in [0.5, 0.6) is 0 Å². The summed E-state index contributed by atoms with van der Waals surface area (Å²) < 4.78 is 6.37. The van der Waals surface area contributed by atoms with Crippen molar-refractivity contribution in [3.05, 3.63) is 200 Å². The molecular formula is C48H33NO. The van der Waals surface area contributed by atoms with Gasteiger partial charge in [0.05, 0.1) is 0 Å². The van der Waals surface area contributed by atoms with Gasteiger partial charge in [-0.15, -0.1) is 0 Å². The maximum Gasteiger partial charge on any atom is 0.143 e. The van der Waals surface area contributed by atoms with Crippen molar-refractivity contribution in [2.75, 3.05) is 4.90 Å². The van der Waals surface area contributed by atoms with Crippen LogP contribution in [0.4, 0.5) is 17.1 Å². The Kier molecular flexibility index (Phi) is 7.53. The first kappa shape index (κ1) is 29.5. The van der Waals surface area contributed by atoms with Crippen LogP contribution in [0.2, 0.25) is 0 Å². The Morgan fingerprint density at radius 1 is 0.300 bits per heavy atom. The topological polar surface area (TPSA) is 16.4 Å². The van der Waals surface area contributed by atoms with Gasteiger partial charge in [-0.05, 0) is 87.5 Å². The molecule has 0 aliphatic rings. The third-order valence-corrected chi connectivity index (χ3v) is 9.48. The quantitative estimate of drug-likeness (QED) is 0.173. The van der Waals surface area contributed by atoms with E-state index in [1.165, 1.54) is 22.3 Å². The number of hydrogen-bond acceptors (Lipinski definition) is 2. The van der Waals surface area contributed by atoms with E-state index in [2.05, 4.69) is 193 Å². The lowest BCUT2D eigenvalue weighted by Gasteiger charge is -2.26. The lowest BCUT2D eigenvalue weighted by Crippen LogP contribution is -2.10. The second-order valence-corrected chi connectivity index (χ2v) is 12.6. The van der Waals surface area contributed by atoms with Gasteiger partial charge in [0.2, 0.25) is 0 Å². The zero-order valence-electron chi connectivity index (χ0n) is 27.4. The molecule has 1 heterocycles. The first-order valence-corrected chi connectivity index (χ1v) is 17.0. The van der Waals surface area contributed by atoms with Crippen molar-refractivity contribution in [3.63, 3.8) is 0 Å². The van der Waals surface area contributed by atoms with E-state index in [0.29, 0.717) is 0 Å². The fraction of sp³-hybridized carbons (Fsp3) is 0. The summed E-state index contributed by atoms with van der Waals surface area (Å²) in [4.78, 5) is 2.34. The van der Waals surface area contributed by atoms with Gasteiger partial charge in [-0.2, -0.15) is 0 Å². The van der Waals surface area contributed by atoms with Gasteiger partial charge < -0.3 is 9.32 Å². The van der Waals surface area contributed by atoms with E-state index in [9.17, 15) is 0 Å². The van der Waals surface area contributed by atoms with Gasteiger partial charge in [0.1, 0.15) is 11.2 Å². The molecule has 0 aliphatic heterocycles. The maximum absolute atomic E-state index is 6.37. The Morgan fingerprint density at radius 2 is 0.780 bits per heavy atom. The van der Waals surface area contributed by atoms with Gasteiger partial charge in [0.25, 0.3) is 0 Å². The Labute approximate surface area is 292 Å². The number of fused-ring (bicyclic) bond motifs is 3. The summed E-state index contributed by atoms with van der Waals surface area (Å²) >= 11 is 0. The van der Waals surface area contributed by atoms with Gasteiger partial charge in [0, 0.05) is 33.4 Å². The monoisotopic (exact) mass is 639 g/mol. The van der Waals surface area contributed by atoms with Crippen LogP contribution in [0, 0.1) is 0 Å². The van der Waals surface area contributed by atoms with E-state index in [4.69, 9.17) is 4.42 Å². The van der Waals surface area contributed by atoms with Crippen LogP contribution in [-0.2, 0) is 0 Å². The smallest absolute Gasteiger partial charge is 0.143 e. The molecule has 0 unspecified atom stereocenters. The summed E-state index contributed by atoms with van der Waals surface area (Å²) in [5.41, 5.74) is 14.5. The van der Waals surface area contributed by atoms with Crippen molar-refractivity contribution < 1.29 is 4.42 Å². The number of furan rings is 1. The summed E-state index contributed by atoms with van der Waals surface area (Å²) in [6.07, 6.45) is 0. The summed E-state index contributed by atoms with van der Waals surface area (Å²) in [5, 5.41) is 2.28. The van der Waals surface area contributed by atoms with Crippen LogP contribution in [0.1, 0.15) is 0 Å². The minimum absolute atomic E-state index is 0.912. The van der Waals surface area contributed by atoms with E-state index in [1.54, 1.807) is 0 Å². The molecule has 8 aromatic carbocycles. The Bertz CT molecular complexity index is 2570. The van der Waals surface area contributed by atoms with Crippen molar-refractivity contribution in [2.24, 2.45) is 0 Å². The molecule has 0 atom stereocenters. The Morgan fingerprint density at radius 3 is 1.48 bits per heavy atom. The van der Waals surface area contributed by atoms with Gasteiger partial charge in [-0.25, -0.2) is 0 Å².